The highest BCUT2D eigenvalue weighted by Crippen LogP contribution is 2.13. The number of nitrogens with one attached hydrogen (secondary N) is 3. The van der Waals surface area contributed by atoms with Crippen LogP contribution in [0.3, 0.4) is 0 Å². The van der Waals surface area contributed by atoms with Crippen LogP contribution in [0, 0.1) is 5.92 Å². The number of hydrogen-bond acceptors (Lipinski definition) is 2. The van der Waals surface area contributed by atoms with Gasteiger partial charge in [-0.3, -0.25) is 9.79 Å². The molecule has 1 aromatic rings. The Bertz CT molecular complexity index is 546. The predicted molar refractivity (Wildman–Crippen MR) is 97.6 cm³/mol. The molecule has 0 fully saturated rings. The van der Waals surface area contributed by atoms with Gasteiger partial charge in [-0.25, -0.2) is 0 Å². The Morgan fingerprint density at radius 3 is 2.57 bits per heavy atom. The van der Waals surface area contributed by atoms with E-state index in [9.17, 15) is 4.79 Å². The summed E-state index contributed by atoms with van der Waals surface area (Å²) in [6, 6.07) is 7.86. The fourth-order valence-corrected chi connectivity index (χ4v) is 1.93. The van der Waals surface area contributed by atoms with Gasteiger partial charge in [-0.2, -0.15) is 0 Å². The smallest absolute Gasteiger partial charge is 0.227 e. The number of guanidine groups is 1. The molecule has 0 aromatic heterocycles. The summed E-state index contributed by atoms with van der Waals surface area (Å²) in [4.78, 5) is 16.2. The summed E-state index contributed by atoms with van der Waals surface area (Å²) < 4.78 is 0. The molecule has 0 heterocycles. The first-order valence-corrected chi connectivity index (χ1v) is 8.13. The number of amides is 1. The minimum absolute atomic E-state index is 0.0200. The molecule has 5 heteroatoms. The van der Waals surface area contributed by atoms with Crippen molar-refractivity contribution in [2.75, 3.05) is 12.4 Å². The van der Waals surface area contributed by atoms with E-state index in [1.54, 1.807) is 7.05 Å². The highest BCUT2D eigenvalue weighted by Gasteiger charge is 2.12. The molecule has 0 spiro atoms. The number of carbonyl (C=O) groups is 1. The number of nitrogens with zero attached hydrogens (tertiary/aromatic N) is 1. The predicted octanol–water partition coefficient (Wildman–Crippen LogP) is 3.13. The molecule has 0 radical (unpaired) electrons. The molecule has 128 valence electrons. The van der Waals surface area contributed by atoms with Gasteiger partial charge in [0.2, 0.25) is 5.91 Å². The molecule has 5 nitrogen and oxygen atoms in total. The van der Waals surface area contributed by atoms with Crippen molar-refractivity contribution in [2.45, 2.75) is 53.1 Å². The summed E-state index contributed by atoms with van der Waals surface area (Å²) in [7, 11) is 1.75. The average molecular weight is 318 g/mol. The molecule has 0 aliphatic rings. The van der Waals surface area contributed by atoms with Crippen LogP contribution in [-0.2, 0) is 11.3 Å². The van der Waals surface area contributed by atoms with Gasteiger partial charge in [0.05, 0.1) is 0 Å². The van der Waals surface area contributed by atoms with Crippen LogP contribution in [0.2, 0.25) is 0 Å². The van der Waals surface area contributed by atoms with Crippen molar-refractivity contribution in [2.24, 2.45) is 10.9 Å². The number of rotatable bonds is 5. The standard InChI is InChI=1S/C18H30N4O/c1-7-13(2)16(23)21-15-10-8-9-14(11-15)12-20-17(19-6)22-18(3,4)5/h8-11,13H,7,12H2,1-6H3,(H,21,23)(H2,19,20,22). The van der Waals surface area contributed by atoms with E-state index in [2.05, 4.69) is 41.7 Å². The van der Waals surface area contributed by atoms with Crippen LogP contribution in [0.15, 0.2) is 29.3 Å². The van der Waals surface area contributed by atoms with Crippen LogP contribution in [-0.4, -0.2) is 24.5 Å². The second kappa shape index (κ2) is 8.56. The van der Waals surface area contributed by atoms with Crippen LogP contribution in [0.5, 0.6) is 0 Å². The number of anilines is 1. The van der Waals surface area contributed by atoms with Gasteiger partial charge < -0.3 is 16.0 Å². The minimum Gasteiger partial charge on any atom is -0.352 e. The van der Waals surface area contributed by atoms with E-state index < -0.39 is 0 Å². The SMILES string of the molecule is CCC(C)C(=O)Nc1cccc(CNC(=NC)NC(C)(C)C)c1. The molecule has 0 bridgehead atoms. The molecule has 1 unspecified atom stereocenters. The van der Waals surface area contributed by atoms with Gasteiger partial charge in [0.15, 0.2) is 5.96 Å². The van der Waals surface area contributed by atoms with E-state index >= 15 is 0 Å². The highest BCUT2D eigenvalue weighted by molar-refractivity contribution is 5.92. The quantitative estimate of drug-likeness (QED) is 0.577. The summed E-state index contributed by atoms with van der Waals surface area (Å²) in [5.74, 6) is 0.834. The van der Waals surface area contributed by atoms with Crippen molar-refractivity contribution in [3.05, 3.63) is 29.8 Å². The zero-order chi connectivity index (χ0) is 17.5. The van der Waals surface area contributed by atoms with E-state index in [4.69, 9.17) is 0 Å². The van der Waals surface area contributed by atoms with Gasteiger partial charge in [-0.05, 0) is 44.9 Å². The van der Waals surface area contributed by atoms with Crippen LogP contribution >= 0.6 is 0 Å². The summed E-state index contributed by atoms with van der Waals surface area (Å²) in [5.41, 5.74) is 1.87. The Hall–Kier alpha value is -2.04. The normalized spacial score (nSPS) is 13.4. The lowest BCUT2D eigenvalue weighted by Crippen LogP contribution is -2.47. The van der Waals surface area contributed by atoms with Crippen LogP contribution in [0.25, 0.3) is 0 Å². The van der Waals surface area contributed by atoms with Gasteiger partial charge in [-0.1, -0.05) is 26.0 Å². The monoisotopic (exact) mass is 318 g/mol. The van der Waals surface area contributed by atoms with E-state index in [1.165, 1.54) is 0 Å². The largest absolute Gasteiger partial charge is 0.352 e. The topological polar surface area (TPSA) is 65.5 Å². The molecule has 1 aromatic carbocycles. The van der Waals surface area contributed by atoms with E-state index in [-0.39, 0.29) is 17.4 Å². The van der Waals surface area contributed by atoms with Crippen molar-refractivity contribution >= 4 is 17.6 Å². The number of benzene rings is 1. The summed E-state index contributed by atoms with van der Waals surface area (Å²) >= 11 is 0. The first-order chi connectivity index (χ1) is 10.7. The number of aliphatic imine (C=N–C) groups is 1. The minimum atomic E-state index is -0.0477. The average Bonchev–Trinajstić information content (AvgIpc) is 2.49. The molecule has 3 N–H and O–H groups in total. The first-order valence-electron chi connectivity index (χ1n) is 8.13. The molecule has 23 heavy (non-hydrogen) atoms. The third kappa shape index (κ3) is 7.17. The van der Waals surface area contributed by atoms with Crippen LogP contribution in [0.4, 0.5) is 5.69 Å². The lowest BCUT2D eigenvalue weighted by Gasteiger charge is -2.23. The Labute approximate surface area is 140 Å². The Morgan fingerprint density at radius 2 is 2.00 bits per heavy atom. The van der Waals surface area contributed by atoms with Gasteiger partial charge in [0.1, 0.15) is 0 Å². The second-order valence-electron chi connectivity index (χ2n) is 6.80. The van der Waals surface area contributed by atoms with Gasteiger partial charge in [-0.15, -0.1) is 0 Å². The van der Waals surface area contributed by atoms with E-state index in [0.29, 0.717) is 6.54 Å². The first kappa shape index (κ1) is 19.0. The third-order valence-corrected chi connectivity index (χ3v) is 3.43. The highest BCUT2D eigenvalue weighted by atomic mass is 16.1. The van der Waals surface area contributed by atoms with Gasteiger partial charge in [0, 0.05) is 30.7 Å². The summed E-state index contributed by atoms with van der Waals surface area (Å²) in [6.45, 7) is 10.9. The molecule has 1 amide bonds. The number of hydrogen-bond donors (Lipinski definition) is 3. The van der Waals surface area contributed by atoms with Crippen LogP contribution < -0.4 is 16.0 Å². The molecule has 1 rings (SSSR count). The van der Waals surface area contributed by atoms with Gasteiger partial charge >= 0.3 is 0 Å². The lowest BCUT2D eigenvalue weighted by atomic mass is 10.1. The zero-order valence-corrected chi connectivity index (χ0v) is 15.2. The molecular weight excluding hydrogens is 288 g/mol. The second-order valence-corrected chi connectivity index (χ2v) is 6.80. The molecule has 1 atom stereocenters. The Balaban J connectivity index is 2.65. The van der Waals surface area contributed by atoms with Crippen molar-refractivity contribution in [3.8, 4) is 0 Å². The lowest BCUT2D eigenvalue weighted by molar-refractivity contribution is -0.119. The van der Waals surface area contributed by atoms with E-state index in [1.807, 2.05) is 38.1 Å². The van der Waals surface area contributed by atoms with Crippen LogP contribution in [0.1, 0.15) is 46.6 Å². The fourth-order valence-electron chi connectivity index (χ4n) is 1.93. The summed E-state index contributed by atoms with van der Waals surface area (Å²) in [6.07, 6.45) is 0.835. The van der Waals surface area contributed by atoms with Crippen molar-refractivity contribution in [1.82, 2.24) is 10.6 Å². The maximum atomic E-state index is 12.0. The zero-order valence-electron chi connectivity index (χ0n) is 15.2. The molecule has 0 aliphatic heterocycles. The van der Waals surface area contributed by atoms with Gasteiger partial charge in [0.25, 0.3) is 0 Å². The number of carbonyl (C=O) groups excluding carboxylic acids is 1. The third-order valence-electron chi connectivity index (χ3n) is 3.43. The molecule has 0 saturated heterocycles. The Kier molecular flexibility index (Phi) is 7.07. The Morgan fingerprint density at radius 1 is 1.30 bits per heavy atom. The maximum absolute atomic E-state index is 12.0. The van der Waals surface area contributed by atoms with E-state index in [0.717, 1.165) is 23.6 Å². The maximum Gasteiger partial charge on any atom is 0.227 e. The molecule has 0 aliphatic carbocycles. The molecule has 0 saturated carbocycles. The summed E-state index contributed by atoms with van der Waals surface area (Å²) in [5, 5.41) is 9.56. The van der Waals surface area contributed by atoms with Crippen molar-refractivity contribution in [1.29, 1.82) is 0 Å². The van der Waals surface area contributed by atoms with Crippen molar-refractivity contribution in [3.63, 3.8) is 0 Å². The fraction of sp³-hybridized carbons (Fsp3) is 0.556. The molecular formula is C18H30N4O. The van der Waals surface area contributed by atoms with Crippen molar-refractivity contribution < 1.29 is 4.79 Å².